The zero-order valence-corrected chi connectivity index (χ0v) is 11.1. The van der Waals surface area contributed by atoms with Crippen LogP contribution < -0.4 is 9.64 Å². The van der Waals surface area contributed by atoms with E-state index in [9.17, 15) is 4.39 Å². The van der Waals surface area contributed by atoms with Crippen molar-refractivity contribution in [3.05, 3.63) is 24.2 Å². The molecule has 0 bridgehead atoms. The van der Waals surface area contributed by atoms with Crippen LogP contribution in [0.3, 0.4) is 0 Å². The van der Waals surface area contributed by atoms with Crippen LogP contribution in [0.15, 0.2) is 12.5 Å². The fourth-order valence-corrected chi connectivity index (χ4v) is 2.43. The van der Waals surface area contributed by atoms with Crippen molar-refractivity contribution in [3.8, 4) is 5.88 Å². The maximum absolute atomic E-state index is 13.3. The van der Waals surface area contributed by atoms with Crippen LogP contribution in [0.5, 0.6) is 5.88 Å². The molecule has 7 nitrogen and oxygen atoms in total. The standard InChI is InChI=1S/C12H15FN6O/c1-20-11-9(13)5-14-12(17-11)19-4-2-3-8(6-19)10-15-7-16-18-10/h5,7-8H,2-4,6H2,1H3,(H,15,16,18). The molecule has 2 aromatic rings. The minimum absolute atomic E-state index is 0.0308. The van der Waals surface area contributed by atoms with E-state index in [-0.39, 0.29) is 11.8 Å². The zero-order chi connectivity index (χ0) is 13.9. The van der Waals surface area contributed by atoms with Crippen LogP contribution in [0.1, 0.15) is 24.6 Å². The number of halogens is 1. The first-order chi connectivity index (χ1) is 9.78. The van der Waals surface area contributed by atoms with Crippen molar-refractivity contribution in [3.63, 3.8) is 0 Å². The first-order valence-electron chi connectivity index (χ1n) is 6.44. The highest BCUT2D eigenvalue weighted by atomic mass is 19.1. The molecule has 0 amide bonds. The molecule has 0 aromatic carbocycles. The van der Waals surface area contributed by atoms with Crippen LogP contribution in [0.4, 0.5) is 10.3 Å². The van der Waals surface area contributed by atoms with Crippen LogP contribution in [0, 0.1) is 5.82 Å². The highest BCUT2D eigenvalue weighted by molar-refractivity contribution is 5.34. The van der Waals surface area contributed by atoms with E-state index in [4.69, 9.17) is 4.74 Å². The molecule has 0 aliphatic carbocycles. The Morgan fingerprint density at radius 3 is 3.10 bits per heavy atom. The van der Waals surface area contributed by atoms with E-state index >= 15 is 0 Å². The molecule has 1 saturated heterocycles. The van der Waals surface area contributed by atoms with Gasteiger partial charge in [0.1, 0.15) is 12.2 Å². The Bertz CT molecular complexity index is 575. The van der Waals surface area contributed by atoms with Gasteiger partial charge in [-0.25, -0.2) is 9.97 Å². The summed E-state index contributed by atoms with van der Waals surface area (Å²) in [6.45, 7) is 1.56. The maximum atomic E-state index is 13.3. The maximum Gasteiger partial charge on any atom is 0.255 e. The van der Waals surface area contributed by atoms with E-state index < -0.39 is 5.82 Å². The molecular weight excluding hydrogens is 263 g/mol. The van der Waals surface area contributed by atoms with Gasteiger partial charge in [-0.05, 0) is 12.8 Å². The molecule has 0 saturated carbocycles. The number of H-pyrrole nitrogens is 1. The van der Waals surface area contributed by atoms with E-state index in [1.807, 2.05) is 4.90 Å². The second kappa shape index (κ2) is 5.40. The summed E-state index contributed by atoms with van der Waals surface area (Å²) in [7, 11) is 1.39. The molecule has 3 rings (SSSR count). The lowest BCUT2D eigenvalue weighted by Gasteiger charge is -2.31. The molecule has 1 fully saturated rings. The van der Waals surface area contributed by atoms with Crippen molar-refractivity contribution >= 4 is 5.95 Å². The van der Waals surface area contributed by atoms with Gasteiger partial charge in [-0.2, -0.15) is 14.5 Å². The van der Waals surface area contributed by atoms with Gasteiger partial charge in [0.25, 0.3) is 5.88 Å². The minimum atomic E-state index is -0.556. The number of ether oxygens (including phenoxy) is 1. The summed E-state index contributed by atoms with van der Waals surface area (Å²) >= 11 is 0. The number of hydrogen-bond acceptors (Lipinski definition) is 6. The Kier molecular flexibility index (Phi) is 3.44. The van der Waals surface area contributed by atoms with Crippen LogP contribution >= 0.6 is 0 Å². The largest absolute Gasteiger partial charge is 0.479 e. The molecule has 2 aromatic heterocycles. The Morgan fingerprint density at radius 2 is 2.35 bits per heavy atom. The quantitative estimate of drug-likeness (QED) is 0.906. The predicted octanol–water partition coefficient (Wildman–Crippen LogP) is 1.13. The number of anilines is 1. The van der Waals surface area contributed by atoms with E-state index in [0.717, 1.165) is 38.0 Å². The summed E-state index contributed by atoms with van der Waals surface area (Å²) < 4.78 is 18.2. The monoisotopic (exact) mass is 278 g/mol. The number of methoxy groups -OCH3 is 1. The topological polar surface area (TPSA) is 79.8 Å². The van der Waals surface area contributed by atoms with E-state index in [0.29, 0.717) is 5.95 Å². The Balaban J connectivity index is 1.80. The van der Waals surface area contributed by atoms with Gasteiger partial charge in [0.05, 0.1) is 13.3 Å². The summed E-state index contributed by atoms with van der Waals surface area (Å²) in [5.41, 5.74) is 0. The van der Waals surface area contributed by atoms with Gasteiger partial charge in [0.15, 0.2) is 0 Å². The van der Waals surface area contributed by atoms with Gasteiger partial charge >= 0.3 is 0 Å². The predicted molar refractivity (Wildman–Crippen MR) is 69.1 cm³/mol. The summed E-state index contributed by atoms with van der Waals surface area (Å²) in [6, 6.07) is 0. The van der Waals surface area contributed by atoms with Crippen molar-refractivity contribution in [1.82, 2.24) is 25.1 Å². The van der Waals surface area contributed by atoms with Crippen molar-refractivity contribution in [2.75, 3.05) is 25.1 Å². The van der Waals surface area contributed by atoms with Gasteiger partial charge in [-0.1, -0.05) is 0 Å². The van der Waals surface area contributed by atoms with Gasteiger partial charge in [0, 0.05) is 19.0 Å². The molecule has 1 atom stereocenters. The minimum Gasteiger partial charge on any atom is -0.479 e. The highest BCUT2D eigenvalue weighted by Gasteiger charge is 2.25. The lowest BCUT2D eigenvalue weighted by molar-refractivity contribution is 0.366. The van der Waals surface area contributed by atoms with E-state index in [2.05, 4.69) is 25.1 Å². The number of nitrogens with one attached hydrogen (secondary N) is 1. The van der Waals surface area contributed by atoms with Gasteiger partial charge < -0.3 is 9.64 Å². The molecule has 1 N–H and O–H groups in total. The molecule has 0 radical (unpaired) electrons. The smallest absolute Gasteiger partial charge is 0.255 e. The number of rotatable bonds is 3. The summed E-state index contributed by atoms with van der Waals surface area (Å²) in [4.78, 5) is 14.4. The fourth-order valence-electron chi connectivity index (χ4n) is 2.43. The first-order valence-corrected chi connectivity index (χ1v) is 6.44. The average Bonchev–Trinajstić information content (AvgIpc) is 3.02. The fraction of sp³-hybridized carbons (Fsp3) is 0.500. The SMILES string of the molecule is COc1nc(N2CCCC(c3ncn[nH]3)C2)ncc1F. The van der Waals surface area contributed by atoms with Crippen LogP contribution in [-0.2, 0) is 0 Å². The third-order valence-corrected chi connectivity index (χ3v) is 3.42. The second-order valence-electron chi connectivity index (χ2n) is 4.68. The number of piperidine rings is 1. The van der Waals surface area contributed by atoms with Gasteiger partial charge in [0.2, 0.25) is 11.8 Å². The number of aromatic nitrogens is 5. The van der Waals surface area contributed by atoms with Gasteiger partial charge in [-0.15, -0.1) is 0 Å². The van der Waals surface area contributed by atoms with Crippen molar-refractivity contribution in [1.29, 1.82) is 0 Å². The number of aromatic amines is 1. The van der Waals surface area contributed by atoms with E-state index in [1.165, 1.54) is 13.4 Å². The summed E-state index contributed by atoms with van der Waals surface area (Å²) in [6.07, 6.45) is 4.67. The normalized spacial score (nSPS) is 19.1. The summed E-state index contributed by atoms with van der Waals surface area (Å²) in [5, 5.41) is 6.78. The van der Waals surface area contributed by atoms with Crippen molar-refractivity contribution in [2.24, 2.45) is 0 Å². The third kappa shape index (κ3) is 2.40. The second-order valence-corrected chi connectivity index (χ2v) is 4.68. The Hall–Kier alpha value is -2.25. The molecule has 20 heavy (non-hydrogen) atoms. The molecule has 1 aliphatic rings. The average molecular weight is 278 g/mol. The van der Waals surface area contributed by atoms with Gasteiger partial charge in [-0.3, -0.25) is 5.10 Å². The molecular formula is C12H15FN6O. The first kappa shape index (κ1) is 12.8. The number of hydrogen-bond donors (Lipinski definition) is 1. The summed E-state index contributed by atoms with van der Waals surface area (Å²) in [5.74, 6) is 1.01. The van der Waals surface area contributed by atoms with Crippen LogP contribution in [0.2, 0.25) is 0 Å². The molecule has 1 unspecified atom stereocenters. The Labute approximate surface area is 115 Å². The lowest BCUT2D eigenvalue weighted by atomic mass is 9.98. The Morgan fingerprint density at radius 1 is 1.45 bits per heavy atom. The van der Waals surface area contributed by atoms with Crippen molar-refractivity contribution < 1.29 is 9.13 Å². The third-order valence-electron chi connectivity index (χ3n) is 3.42. The number of nitrogens with zero attached hydrogens (tertiary/aromatic N) is 5. The van der Waals surface area contributed by atoms with E-state index in [1.54, 1.807) is 0 Å². The zero-order valence-electron chi connectivity index (χ0n) is 11.1. The molecule has 3 heterocycles. The van der Waals surface area contributed by atoms with Crippen molar-refractivity contribution in [2.45, 2.75) is 18.8 Å². The molecule has 1 aliphatic heterocycles. The molecule has 8 heteroatoms. The molecule has 106 valence electrons. The molecule has 0 spiro atoms. The highest BCUT2D eigenvalue weighted by Crippen LogP contribution is 2.27. The van der Waals surface area contributed by atoms with Crippen LogP contribution in [-0.4, -0.2) is 45.3 Å². The lowest BCUT2D eigenvalue weighted by Crippen LogP contribution is -2.36. The van der Waals surface area contributed by atoms with Crippen LogP contribution in [0.25, 0.3) is 0 Å².